The molecule has 0 aliphatic heterocycles. The standard InChI is InChI=1S/C29H58/c1-5-29(4)27-25-23-21-19-17-15-13-11-9-7-6-8-10-12-14-16-18-20-22-24-26-28(2)3/h6-7,28-29H,5,8-27H2,1-4H3. The summed E-state index contributed by atoms with van der Waals surface area (Å²) < 4.78 is 0. The Morgan fingerprint density at radius 2 is 0.793 bits per heavy atom. The molecule has 1 unspecified atom stereocenters. The molecule has 0 N–H and O–H groups in total. The highest BCUT2D eigenvalue weighted by Gasteiger charge is 1.98. The van der Waals surface area contributed by atoms with Crippen molar-refractivity contribution >= 4 is 0 Å². The van der Waals surface area contributed by atoms with E-state index >= 15 is 0 Å². The van der Waals surface area contributed by atoms with Crippen LogP contribution in [-0.2, 0) is 0 Å². The molecule has 0 rings (SSSR count). The predicted molar refractivity (Wildman–Crippen MR) is 136 cm³/mol. The first-order valence-electron chi connectivity index (χ1n) is 13.8. The molecular weight excluding hydrogens is 348 g/mol. The van der Waals surface area contributed by atoms with Gasteiger partial charge in [-0.15, -0.1) is 0 Å². The van der Waals surface area contributed by atoms with Gasteiger partial charge in [0.15, 0.2) is 0 Å². The van der Waals surface area contributed by atoms with Crippen LogP contribution in [0.1, 0.15) is 163 Å². The van der Waals surface area contributed by atoms with E-state index in [0.717, 1.165) is 11.8 Å². The van der Waals surface area contributed by atoms with Crippen LogP contribution >= 0.6 is 0 Å². The van der Waals surface area contributed by atoms with Crippen molar-refractivity contribution in [2.45, 2.75) is 163 Å². The average molecular weight is 407 g/mol. The zero-order valence-electron chi connectivity index (χ0n) is 21.2. The van der Waals surface area contributed by atoms with Crippen molar-refractivity contribution in [1.29, 1.82) is 0 Å². The van der Waals surface area contributed by atoms with Gasteiger partial charge >= 0.3 is 0 Å². The van der Waals surface area contributed by atoms with E-state index in [0.29, 0.717) is 0 Å². The third-order valence-electron chi connectivity index (χ3n) is 6.58. The molecule has 0 spiro atoms. The van der Waals surface area contributed by atoms with Crippen LogP contribution in [0.3, 0.4) is 0 Å². The number of hydrogen-bond donors (Lipinski definition) is 0. The minimum absolute atomic E-state index is 0.891. The second kappa shape index (κ2) is 24.0. The van der Waals surface area contributed by atoms with E-state index in [4.69, 9.17) is 0 Å². The van der Waals surface area contributed by atoms with E-state index in [9.17, 15) is 0 Å². The van der Waals surface area contributed by atoms with Crippen LogP contribution in [0.25, 0.3) is 0 Å². The molecule has 0 nitrogen and oxygen atoms in total. The van der Waals surface area contributed by atoms with E-state index in [-0.39, 0.29) is 0 Å². The van der Waals surface area contributed by atoms with E-state index in [2.05, 4.69) is 39.8 Å². The van der Waals surface area contributed by atoms with Gasteiger partial charge in [-0.1, -0.05) is 149 Å². The van der Waals surface area contributed by atoms with Crippen molar-refractivity contribution in [2.75, 3.05) is 0 Å². The summed E-state index contributed by atoms with van der Waals surface area (Å²) in [6, 6.07) is 0. The van der Waals surface area contributed by atoms with E-state index in [1.165, 1.54) is 135 Å². The van der Waals surface area contributed by atoms with Crippen molar-refractivity contribution in [3.63, 3.8) is 0 Å². The second-order valence-electron chi connectivity index (χ2n) is 10.2. The zero-order valence-corrected chi connectivity index (χ0v) is 21.2. The number of rotatable bonds is 23. The molecular formula is C29H58. The maximum Gasteiger partial charge on any atom is -0.0351 e. The second-order valence-corrected chi connectivity index (χ2v) is 10.2. The van der Waals surface area contributed by atoms with Crippen molar-refractivity contribution in [1.82, 2.24) is 0 Å². The van der Waals surface area contributed by atoms with Gasteiger partial charge in [0.2, 0.25) is 0 Å². The SMILES string of the molecule is CCC(C)CCCCCCCCCCC=CCCCCCCCCCCC(C)C. The van der Waals surface area contributed by atoms with Crippen LogP contribution in [0.15, 0.2) is 12.2 Å². The first-order valence-corrected chi connectivity index (χ1v) is 13.8. The third-order valence-corrected chi connectivity index (χ3v) is 6.58. The third kappa shape index (κ3) is 25.7. The highest BCUT2D eigenvalue weighted by Crippen LogP contribution is 2.15. The molecule has 0 aliphatic rings. The lowest BCUT2D eigenvalue weighted by Gasteiger charge is -2.07. The van der Waals surface area contributed by atoms with E-state index in [1.54, 1.807) is 0 Å². The van der Waals surface area contributed by atoms with E-state index in [1.807, 2.05) is 0 Å². The van der Waals surface area contributed by atoms with Gasteiger partial charge in [-0.05, 0) is 37.5 Å². The smallest absolute Gasteiger partial charge is 0.0351 e. The van der Waals surface area contributed by atoms with Gasteiger partial charge in [0.05, 0.1) is 0 Å². The van der Waals surface area contributed by atoms with Gasteiger partial charge in [0.1, 0.15) is 0 Å². The molecule has 29 heavy (non-hydrogen) atoms. The normalized spacial score (nSPS) is 13.0. The summed E-state index contributed by atoms with van der Waals surface area (Å²) in [6.07, 6.45) is 34.9. The lowest BCUT2D eigenvalue weighted by molar-refractivity contribution is 0.469. The number of hydrogen-bond acceptors (Lipinski definition) is 0. The Balaban J connectivity index is 3.11. The Morgan fingerprint density at radius 1 is 0.448 bits per heavy atom. The quantitative estimate of drug-likeness (QED) is 0.117. The molecule has 0 aliphatic carbocycles. The molecule has 0 aromatic rings. The Bertz CT molecular complexity index is 314. The minimum atomic E-state index is 0.891. The molecule has 0 heteroatoms. The summed E-state index contributed by atoms with van der Waals surface area (Å²) in [5.74, 6) is 1.83. The van der Waals surface area contributed by atoms with Gasteiger partial charge in [-0.2, -0.15) is 0 Å². The van der Waals surface area contributed by atoms with Crippen LogP contribution in [0.4, 0.5) is 0 Å². The predicted octanol–water partition coefficient (Wildman–Crippen LogP) is 11.0. The molecule has 0 bridgehead atoms. The molecule has 0 aromatic carbocycles. The Morgan fingerprint density at radius 3 is 1.17 bits per heavy atom. The number of unbranched alkanes of at least 4 members (excludes halogenated alkanes) is 16. The maximum absolute atomic E-state index is 2.45. The summed E-state index contributed by atoms with van der Waals surface area (Å²) in [5.41, 5.74) is 0. The molecule has 1 atom stereocenters. The molecule has 0 saturated heterocycles. The fourth-order valence-electron chi connectivity index (χ4n) is 4.13. The molecule has 0 radical (unpaired) electrons. The van der Waals surface area contributed by atoms with Crippen LogP contribution in [0.5, 0.6) is 0 Å². The monoisotopic (exact) mass is 406 g/mol. The van der Waals surface area contributed by atoms with Crippen LogP contribution in [0, 0.1) is 11.8 Å². The van der Waals surface area contributed by atoms with Crippen molar-refractivity contribution in [2.24, 2.45) is 11.8 Å². The minimum Gasteiger partial charge on any atom is -0.0885 e. The van der Waals surface area contributed by atoms with Gasteiger partial charge in [-0.25, -0.2) is 0 Å². The molecule has 0 amide bonds. The van der Waals surface area contributed by atoms with Crippen LogP contribution in [0.2, 0.25) is 0 Å². The molecule has 0 fully saturated rings. The largest absolute Gasteiger partial charge is 0.0885 e. The molecule has 0 saturated carbocycles. The lowest BCUT2D eigenvalue weighted by Crippen LogP contribution is -1.91. The summed E-state index contributed by atoms with van der Waals surface area (Å²) in [6.45, 7) is 9.39. The number of allylic oxidation sites excluding steroid dienone is 2. The van der Waals surface area contributed by atoms with Gasteiger partial charge in [-0.3, -0.25) is 0 Å². The first kappa shape index (κ1) is 28.7. The Kier molecular flexibility index (Phi) is 23.8. The van der Waals surface area contributed by atoms with Crippen molar-refractivity contribution in [3.8, 4) is 0 Å². The fourth-order valence-corrected chi connectivity index (χ4v) is 4.13. The molecule has 174 valence electrons. The highest BCUT2D eigenvalue weighted by molar-refractivity contribution is 4.81. The van der Waals surface area contributed by atoms with Crippen LogP contribution in [-0.4, -0.2) is 0 Å². The van der Waals surface area contributed by atoms with Gasteiger partial charge in [0, 0.05) is 0 Å². The molecule has 0 heterocycles. The van der Waals surface area contributed by atoms with Crippen LogP contribution < -0.4 is 0 Å². The van der Waals surface area contributed by atoms with Gasteiger partial charge in [0.25, 0.3) is 0 Å². The van der Waals surface area contributed by atoms with Gasteiger partial charge < -0.3 is 0 Å². The van der Waals surface area contributed by atoms with Crippen molar-refractivity contribution in [3.05, 3.63) is 12.2 Å². The van der Waals surface area contributed by atoms with Crippen molar-refractivity contribution < 1.29 is 0 Å². The highest BCUT2D eigenvalue weighted by atomic mass is 14.0. The first-order chi connectivity index (χ1) is 14.2. The lowest BCUT2D eigenvalue weighted by atomic mass is 9.99. The Hall–Kier alpha value is -0.260. The topological polar surface area (TPSA) is 0 Å². The summed E-state index contributed by atoms with van der Waals surface area (Å²) in [7, 11) is 0. The van der Waals surface area contributed by atoms with E-state index < -0.39 is 0 Å². The summed E-state index contributed by atoms with van der Waals surface area (Å²) >= 11 is 0. The average Bonchev–Trinajstić information content (AvgIpc) is 2.71. The Labute approximate surface area is 186 Å². The molecule has 0 aromatic heterocycles. The summed E-state index contributed by atoms with van der Waals surface area (Å²) in [5, 5.41) is 0. The zero-order chi connectivity index (χ0) is 21.4. The summed E-state index contributed by atoms with van der Waals surface area (Å²) in [4.78, 5) is 0. The fraction of sp³-hybridized carbons (Fsp3) is 0.931. The maximum atomic E-state index is 2.45.